The summed E-state index contributed by atoms with van der Waals surface area (Å²) >= 11 is 0. The van der Waals surface area contributed by atoms with E-state index in [0.29, 0.717) is 0 Å². The van der Waals surface area contributed by atoms with Gasteiger partial charge in [-0.15, -0.1) is 0 Å². The molecular formula is C28H25N3O. The highest BCUT2D eigenvalue weighted by atomic mass is 16.3. The summed E-state index contributed by atoms with van der Waals surface area (Å²) in [5.41, 5.74) is 11.9. The number of rotatable bonds is 2. The standard InChI is InChI=1S/C14H12N2.C14H13NO/c1-11-4-2-7-14(16-11)9-8-12-5-3-6-13(15)10-12;1-11-4-2-6-13(15-11)9-8-12-5-3-7-14(16)10-12/h2-7,10H,15H2,1H3;2-10,16H,1H3. The van der Waals surface area contributed by atoms with Gasteiger partial charge in [0.05, 0.1) is 5.69 Å². The average molecular weight is 420 g/mol. The summed E-state index contributed by atoms with van der Waals surface area (Å²) in [7, 11) is 0. The number of nitrogen functional groups attached to an aromatic ring is 1. The fourth-order valence-electron chi connectivity index (χ4n) is 2.83. The third kappa shape index (κ3) is 7.47. The first kappa shape index (κ1) is 22.3. The van der Waals surface area contributed by atoms with Crippen LogP contribution in [0.1, 0.15) is 33.9 Å². The van der Waals surface area contributed by atoms with Gasteiger partial charge in [0, 0.05) is 22.6 Å². The minimum Gasteiger partial charge on any atom is -0.508 e. The van der Waals surface area contributed by atoms with Crippen molar-refractivity contribution in [2.45, 2.75) is 13.8 Å². The number of phenolic OH excluding ortho intramolecular Hbond substituents is 1. The Labute approximate surface area is 189 Å². The van der Waals surface area contributed by atoms with Gasteiger partial charge in [0.25, 0.3) is 0 Å². The van der Waals surface area contributed by atoms with Crippen LogP contribution in [0.4, 0.5) is 5.69 Å². The van der Waals surface area contributed by atoms with Crippen LogP contribution >= 0.6 is 0 Å². The zero-order valence-electron chi connectivity index (χ0n) is 18.2. The highest BCUT2D eigenvalue weighted by molar-refractivity contribution is 5.68. The highest BCUT2D eigenvalue weighted by Crippen LogP contribution is 2.13. The van der Waals surface area contributed by atoms with Crippen molar-refractivity contribution >= 4 is 17.8 Å². The molecule has 0 atom stereocenters. The van der Waals surface area contributed by atoms with Gasteiger partial charge in [0.2, 0.25) is 0 Å². The van der Waals surface area contributed by atoms with Gasteiger partial charge < -0.3 is 10.8 Å². The van der Waals surface area contributed by atoms with E-state index in [0.717, 1.165) is 39.6 Å². The summed E-state index contributed by atoms with van der Waals surface area (Å²) in [4.78, 5) is 8.67. The summed E-state index contributed by atoms with van der Waals surface area (Å²) in [6.45, 7) is 3.91. The number of anilines is 1. The number of nitrogens with two attached hydrogens (primary N) is 1. The third-order valence-electron chi connectivity index (χ3n) is 4.34. The Hall–Kier alpha value is -4.36. The summed E-state index contributed by atoms with van der Waals surface area (Å²) in [6.07, 6.45) is 3.86. The minimum atomic E-state index is 0.277. The molecule has 0 fully saturated rings. The number of aromatic hydroxyl groups is 1. The van der Waals surface area contributed by atoms with E-state index in [4.69, 9.17) is 5.73 Å². The Morgan fingerprint density at radius 2 is 1.47 bits per heavy atom. The van der Waals surface area contributed by atoms with Gasteiger partial charge in [-0.1, -0.05) is 42.3 Å². The highest BCUT2D eigenvalue weighted by Gasteiger charge is 1.92. The summed E-state index contributed by atoms with van der Waals surface area (Å²) in [5.74, 6) is 6.33. The zero-order chi connectivity index (χ0) is 22.8. The van der Waals surface area contributed by atoms with Crippen LogP contribution in [0.3, 0.4) is 0 Å². The number of aryl methyl sites for hydroxylation is 2. The van der Waals surface area contributed by atoms with Crippen LogP contribution in [0.15, 0.2) is 84.9 Å². The fourth-order valence-corrected chi connectivity index (χ4v) is 2.83. The van der Waals surface area contributed by atoms with E-state index in [1.165, 1.54) is 0 Å². The number of pyridine rings is 2. The van der Waals surface area contributed by atoms with Gasteiger partial charge >= 0.3 is 0 Å². The first-order chi connectivity index (χ1) is 15.5. The van der Waals surface area contributed by atoms with Crippen LogP contribution in [0.25, 0.3) is 12.2 Å². The molecule has 0 unspecified atom stereocenters. The number of phenols is 1. The maximum absolute atomic E-state index is 9.30. The molecule has 3 N–H and O–H groups in total. The van der Waals surface area contributed by atoms with Crippen molar-refractivity contribution < 1.29 is 5.11 Å². The molecule has 4 heteroatoms. The summed E-state index contributed by atoms with van der Waals surface area (Å²) in [6, 6.07) is 26.3. The van der Waals surface area contributed by atoms with Crippen molar-refractivity contribution in [3.8, 4) is 17.6 Å². The van der Waals surface area contributed by atoms with E-state index in [9.17, 15) is 5.11 Å². The van der Waals surface area contributed by atoms with E-state index in [2.05, 4.69) is 21.8 Å². The summed E-state index contributed by atoms with van der Waals surface area (Å²) in [5, 5.41) is 9.30. The molecule has 2 aromatic carbocycles. The lowest BCUT2D eigenvalue weighted by atomic mass is 10.2. The second kappa shape index (κ2) is 11.1. The predicted molar refractivity (Wildman–Crippen MR) is 132 cm³/mol. The van der Waals surface area contributed by atoms with Crippen molar-refractivity contribution in [1.29, 1.82) is 0 Å². The molecule has 0 saturated carbocycles. The minimum absolute atomic E-state index is 0.277. The Morgan fingerprint density at radius 1 is 0.750 bits per heavy atom. The second-order valence-electron chi connectivity index (χ2n) is 7.17. The topological polar surface area (TPSA) is 72.0 Å². The molecule has 0 aliphatic heterocycles. The average Bonchev–Trinajstić information content (AvgIpc) is 2.77. The molecule has 32 heavy (non-hydrogen) atoms. The normalized spacial score (nSPS) is 10.1. The van der Waals surface area contributed by atoms with Crippen LogP contribution in [0.5, 0.6) is 5.75 Å². The van der Waals surface area contributed by atoms with Crippen LogP contribution < -0.4 is 5.73 Å². The maximum atomic E-state index is 9.30. The Morgan fingerprint density at radius 3 is 2.19 bits per heavy atom. The largest absolute Gasteiger partial charge is 0.508 e. The molecule has 0 aliphatic carbocycles. The molecule has 0 aliphatic rings. The van der Waals surface area contributed by atoms with Crippen molar-refractivity contribution in [3.05, 3.63) is 119 Å². The van der Waals surface area contributed by atoms with Crippen molar-refractivity contribution in [3.63, 3.8) is 0 Å². The maximum Gasteiger partial charge on any atom is 0.116 e. The van der Waals surface area contributed by atoms with E-state index >= 15 is 0 Å². The molecule has 0 amide bonds. The lowest BCUT2D eigenvalue weighted by Crippen LogP contribution is -1.86. The van der Waals surface area contributed by atoms with Crippen LogP contribution in [0, 0.1) is 25.7 Å². The molecule has 4 rings (SSSR count). The van der Waals surface area contributed by atoms with Crippen molar-refractivity contribution in [1.82, 2.24) is 9.97 Å². The molecule has 0 bridgehead atoms. The van der Waals surface area contributed by atoms with Gasteiger partial charge in [-0.25, -0.2) is 4.98 Å². The van der Waals surface area contributed by atoms with Gasteiger partial charge in [-0.05, 0) is 86.0 Å². The number of hydrogen-bond acceptors (Lipinski definition) is 4. The molecular weight excluding hydrogens is 394 g/mol. The van der Waals surface area contributed by atoms with Crippen LogP contribution in [-0.4, -0.2) is 15.1 Å². The lowest BCUT2D eigenvalue weighted by molar-refractivity contribution is 0.475. The Kier molecular flexibility index (Phi) is 7.78. The number of nitrogens with zero attached hydrogens (tertiary/aromatic N) is 2. The first-order valence-electron chi connectivity index (χ1n) is 10.2. The van der Waals surface area contributed by atoms with E-state index in [-0.39, 0.29) is 5.75 Å². The van der Waals surface area contributed by atoms with E-state index in [1.807, 2.05) is 98.8 Å². The fraction of sp³-hybridized carbons (Fsp3) is 0.0714. The molecule has 158 valence electrons. The molecule has 2 aromatic heterocycles. The van der Waals surface area contributed by atoms with E-state index < -0.39 is 0 Å². The van der Waals surface area contributed by atoms with Crippen molar-refractivity contribution in [2.24, 2.45) is 0 Å². The lowest BCUT2D eigenvalue weighted by Gasteiger charge is -1.96. The Balaban J connectivity index is 0.000000181. The number of hydrogen-bond donors (Lipinski definition) is 2. The van der Waals surface area contributed by atoms with Gasteiger partial charge in [0.15, 0.2) is 0 Å². The quantitative estimate of drug-likeness (QED) is 0.326. The summed E-state index contributed by atoms with van der Waals surface area (Å²) < 4.78 is 0. The molecule has 0 spiro atoms. The first-order valence-corrected chi connectivity index (χ1v) is 10.2. The molecule has 4 aromatic rings. The van der Waals surface area contributed by atoms with Crippen molar-refractivity contribution in [2.75, 3.05) is 5.73 Å². The predicted octanol–water partition coefficient (Wildman–Crippen LogP) is 5.64. The van der Waals surface area contributed by atoms with Gasteiger partial charge in [-0.3, -0.25) is 4.98 Å². The molecule has 0 saturated heterocycles. The number of benzene rings is 2. The zero-order valence-corrected chi connectivity index (χ0v) is 18.2. The third-order valence-corrected chi connectivity index (χ3v) is 4.34. The SMILES string of the molecule is Cc1cccc(C#Cc2cccc(N)c2)n1.Cc1cccc(C=Cc2cccc(O)c2)n1. The van der Waals surface area contributed by atoms with Crippen LogP contribution in [0.2, 0.25) is 0 Å². The smallest absolute Gasteiger partial charge is 0.116 e. The molecule has 4 nitrogen and oxygen atoms in total. The molecule has 2 heterocycles. The van der Waals surface area contributed by atoms with Gasteiger partial charge in [-0.2, -0.15) is 0 Å². The monoisotopic (exact) mass is 419 g/mol. The molecule has 0 radical (unpaired) electrons. The second-order valence-corrected chi connectivity index (χ2v) is 7.17. The van der Waals surface area contributed by atoms with Gasteiger partial charge in [0.1, 0.15) is 11.4 Å². The van der Waals surface area contributed by atoms with Crippen LogP contribution in [-0.2, 0) is 0 Å². The van der Waals surface area contributed by atoms with E-state index in [1.54, 1.807) is 12.1 Å². The Bertz CT molecular complexity index is 1190. The number of aromatic nitrogens is 2.